The average Bonchev–Trinajstić information content (AvgIpc) is 3.32. The Labute approximate surface area is 344 Å². The van der Waals surface area contributed by atoms with E-state index in [2.05, 4.69) is 241 Å². The maximum absolute atomic E-state index is 2.44. The molecule has 0 aliphatic rings. The zero-order valence-corrected chi connectivity index (χ0v) is 32.5. The van der Waals surface area contributed by atoms with Gasteiger partial charge >= 0.3 is 0 Å². The van der Waals surface area contributed by atoms with Crippen molar-refractivity contribution < 1.29 is 0 Å². The molecular formula is C58H39N. The zero-order valence-electron chi connectivity index (χ0n) is 32.5. The van der Waals surface area contributed by atoms with Gasteiger partial charge < -0.3 is 4.90 Å². The van der Waals surface area contributed by atoms with Crippen LogP contribution >= 0.6 is 0 Å². The Balaban J connectivity index is 1.16. The number of hydrogen-bond donors (Lipinski definition) is 0. The van der Waals surface area contributed by atoms with Crippen molar-refractivity contribution in [1.82, 2.24) is 0 Å². The maximum atomic E-state index is 2.44. The van der Waals surface area contributed by atoms with E-state index >= 15 is 0 Å². The molecule has 0 aliphatic carbocycles. The van der Waals surface area contributed by atoms with E-state index in [-0.39, 0.29) is 0 Å². The average molecular weight is 750 g/mol. The summed E-state index contributed by atoms with van der Waals surface area (Å²) < 4.78 is 0. The summed E-state index contributed by atoms with van der Waals surface area (Å²) in [5.41, 5.74) is 12.8. The van der Waals surface area contributed by atoms with Gasteiger partial charge in [-0.05, 0) is 131 Å². The normalized spacial score (nSPS) is 11.4. The first-order valence-electron chi connectivity index (χ1n) is 20.3. The van der Waals surface area contributed by atoms with Crippen molar-refractivity contribution >= 4 is 60.2 Å². The molecule has 0 radical (unpaired) electrons. The summed E-state index contributed by atoms with van der Waals surface area (Å²) in [5.74, 6) is 0. The van der Waals surface area contributed by atoms with Crippen molar-refractivity contribution in [3.8, 4) is 44.5 Å². The fourth-order valence-electron chi connectivity index (χ4n) is 8.91. The fraction of sp³-hybridized carbons (Fsp3) is 0. The number of fused-ring (bicyclic) bond motifs is 5. The van der Waals surface area contributed by atoms with Crippen LogP contribution in [-0.2, 0) is 0 Å². The third-order valence-electron chi connectivity index (χ3n) is 11.8. The van der Waals surface area contributed by atoms with Crippen LogP contribution in [0.3, 0.4) is 0 Å². The summed E-state index contributed by atoms with van der Waals surface area (Å²) in [5, 5.41) is 9.93. The first kappa shape index (κ1) is 34.5. The zero-order chi connectivity index (χ0) is 39.1. The van der Waals surface area contributed by atoms with Gasteiger partial charge in [-0.15, -0.1) is 0 Å². The second-order valence-electron chi connectivity index (χ2n) is 15.3. The third-order valence-corrected chi connectivity index (χ3v) is 11.8. The molecule has 276 valence electrons. The Hall–Kier alpha value is -7.74. The third kappa shape index (κ3) is 6.30. The number of anilines is 3. The molecule has 1 nitrogen and oxygen atoms in total. The molecule has 0 N–H and O–H groups in total. The molecule has 11 aromatic rings. The van der Waals surface area contributed by atoms with Gasteiger partial charge in [-0.1, -0.05) is 188 Å². The predicted molar refractivity (Wildman–Crippen MR) is 253 cm³/mol. The van der Waals surface area contributed by atoms with Crippen molar-refractivity contribution in [1.29, 1.82) is 0 Å². The number of rotatable bonds is 7. The molecule has 0 bridgehead atoms. The van der Waals surface area contributed by atoms with Crippen LogP contribution < -0.4 is 4.90 Å². The summed E-state index contributed by atoms with van der Waals surface area (Å²) >= 11 is 0. The summed E-state index contributed by atoms with van der Waals surface area (Å²) in [7, 11) is 0. The van der Waals surface area contributed by atoms with Gasteiger partial charge in [0.15, 0.2) is 0 Å². The van der Waals surface area contributed by atoms with Gasteiger partial charge in [-0.25, -0.2) is 0 Å². The summed E-state index contributed by atoms with van der Waals surface area (Å²) in [6.07, 6.45) is 0. The predicted octanol–water partition coefficient (Wildman–Crippen LogP) is 16.4. The van der Waals surface area contributed by atoms with E-state index in [1.54, 1.807) is 0 Å². The van der Waals surface area contributed by atoms with Gasteiger partial charge in [0.05, 0.1) is 5.69 Å². The molecule has 0 saturated heterocycles. The Kier molecular flexibility index (Phi) is 8.56. The van der Waals surface area contributed by atoms with Gasteiger partial charge in [0, 0.05) is 16.9 Å². The summed E-state index contributed by atoms with van der Waals surface area (Å²) in [6, 6.07) is 86.5. The largest absolute Gasteiger partial charge is 0.310 e. The molecule has 0 amide bonds. The molecule has 0 spiro atoms. The summed E-state index contributed by atoms with van der Waals surface area (Å²) in [6.45, 7) is 0. The monoisotopic (exact) mass is 749 g/mol. The molecule has 59 heavy (non-hydrogen) atoms. The molecule has 0 aromatic heterocycles. The van der Waals surface area contributed by atoms with E-state index in [1.807, 2.05) is 0 Å². The number of hydrogen-bond acceptors (Lipinski definition) is 1. The quantitative estimate of drug-likeness (QED) is 0.147. The van der Waals surface area contributed by atoms with Gasteiger partial charge in [0.2, 0.25) is 0 Å². The fourth-order valence-corrected chi connectivity index (χ4v) is 8.91. The van der Waals surface area contributed by atoms with E-state index < -0.39 is 0 Å². The highest BCUT2D eigenvalue weighted by Gasteiger charge is 2.22. The summed E-state index contributed by atoms with van der Waals surface area (Å²) in [4.78, 5) is 2.44. The molecule has 0 unspecified atom stereocenters. The van der Waals surface area contributed by atoms with Gasteiger partial charge in [0.1, 0.15) is 0 Å². The van der Waals surface area contributed by atoms with Crippen LogP contribution in [0.2, 0.25) is 0 Å². The lowest BCUT2D eigenvalue weighted by atomic mass is 9.87. The van der Waals surface area contributed by atoms with Crippen LogP contribution in [0.5, 0.6) is 0 Å². The van der Waals surface area contributed by atoms with Crippen LogP contribution in [0.15, 0.2) is 237 Å². The SMILES string of the molecule is c1ccc(-c2ccc(N(c3ccc(-c4ccc5ccccc5c4)cc3)c3cccc(-c4cc5ccccc5c5ccccc45)c3-c3ccc4ccccc4c3)cc2)cc1. The van der Waals surface area contributed by atoms with Crippen molar-refractivity contribution in [3.63, 3.8) is 0 Å². The van der Waals surface area contributed by atoms with Crippen LogP contribution in [0.1, 0.15) is 0 Å². The van der Waals surface area contributed by atoms with Gasteiger partial charge in [-0.2, -0.15) is 0 Å². The van der Waals surface area contributed by atoms with E-state index in [0.717, 1.165) is 17.1 Å². The van der Waals surface area contributed by atoms with Gasteiger partial charge in [0.25, 0.3) is 0 Å². The lowest BCUT2D eigenvalue weighted by Crippen LogP contribution is -2.12. The van der Waals surface area contributed by atoms with E-state index in [0.29, 0.717) is 0 Å². The molecule has 0 heterocycles. The van der Waals surface area contributed by atoms with E-state index in [1.165, 1.54) is 87.6 Å². The van der Waals surface area contributed by atoms with Crippen LogP contribution in [0, 0.1) is 0 Å². The number of nitrogens with zero attached hydrogens (tertiary/aromatic N) is 1. The molecule has 0 saturated carbocycles. The topological polar surface area (TPSA) is 3.24 Å². The minimum absolute atomic E-state index is 1.09. The smallest absolute Gasteiger partial charge is 0.0546 e. The molecule has 1 heteroatoms. The second-order valence-corrected chi connectivity index (χ2v) is 15.3. The molecule has 0 atom stereocenters. The first-order valence-corrected chi connectivity index (χ1v) is 20.3. The maximum Gasteiger partial charge on any atom is 0.0546 e. The molecule has 11 aromatic carbocycles. The molecule has 11 rings (SSSR count). The van der Waals surface area contributed by atoms with Crippen LogP contribution in [0.4, 0.5) is 17.1 Å². The lowest BCUT2D eigenvalue weighted by Gasteiger charge is -2.30. The van der Waals surface area contributed by atoms with E-state index in [9.17, 15) is 0 Å². The van der Waals surface area contributed by atoms with Crippen molar-refractivity contribution in [3.05, 3.63) is 237 Å². The molecule has 0 fully saturated rings. The Morgan fingerprint density at radius 2 is 0.712 bits per heavy atom. The molecular weight excluding hydrogens is 711 g/mol. The van der Waals surface area contributed by atoms with E-state index in [4.69, 9.17) is 0 Å². The van der Waals surface area contributed by atoms with Crippen molar-refractivity contribution in [2.24, 2.45) is 0 Å². The Morgan fingerprint density at radius 3 is 1.37 bits per heavy atom. The highest BCUT2D eigenvalue weighted by molar-refractivity contribution is 6.16. The lowest BCUT2D eigenvalue weighted by molar-refractivity contribution is 1.28. The van der Waals surface area contributed by atoms with Crippen molar-refractivity contribution in [2.75, 3.05) is 4.90 Å². The Bertz CT molecular complexity index is 3310. The van der Waals surface area contributed by atoms with Crippen LogP contribution in [-0.4, -0.2) is 0 Å². The molecule has 0 aliphatic heterocycles. The van der Waals surface area contributed by atoms with Crippen molar-refractivity contribution in [2.45, 2.75) is 0 Å². The minimum atomic E-state index is 1.09. The van der Waals surface area contributed by atoms with Gasteiger partial charge in [-0.3, -0.25) is 0 Å². The first-order chi connectivity index (χ1) is 29.2. The minimum Gasteiger partial charge on any atom is -0.310 e. The highest BCUT2D eigenvalue weighted by atomic mass is 15.1. The number of benzene rings is 11. The standard InChI is InChI=1S/C58H39N/c1-2-13-40(14-3-1)43-29-33-50(34-30-43)59(51-35-31-44(32-36-51)47-27-25-41-15-4-6-17-45(41)37-47)57-24-12-23-55(58(57)49-28-26-42-16-5-7-18-46(42)38-49)56-39-48-19-8-9-20-52(48)53-21-10-11-22-54(53)56/h1-39H. The Morgan fingerprint density at radius 1 is 0.237 bits per heavy atom. The van der Waals surface area contributed by atoms with Crippen LogP contribution in [0.25, 0.3) is 87.6 Å². The second kappa shape index (κ2) is 14.6. The highest BCUT2D eigenvalue weighted by Crippen LogP contribution is 2.48.